The highest BCUT2D eigenvalue weighted by Gasteiger charge is 2.07. The zero-order valence-corrected chi connectivity index (χ0v) is 9.06. The predicted molar refractivity (Wildman–Crippen MR) is 59.2 cm³/mol. The van der Waals surface area contributed by atoms with Gasteiger partial charge >= 0.3 is 0 Å². The Kier molecular flexibility index (Phi) is 2.41. The number of benzene rings is 1. The average molecular weight is 203 g/mol. The molecule has 0 radical (unpaired) electrons. The number of allylic oxidation sites excluding steroid dienone is 1. The number of hydrogen-bond acceptors (Lipinski definition) is 3. The second kappa shape index (κ2) is 3.73. The van der Waals surface area contributed by atoms with Gasteiger partial charge in [0.25, 0.3) is 0 Å². The first-order valence-electron chi connectivity index (χ1n) is 4.75. The van der Waals surface area contributed by atoms with Gasteiger partial charge in [0.1, 0.15) is 11.8 Å². The zero-order chi connectivity index (χ0) is 10.8. The summed E-state index contributed by atoms with van der Waals surface area (Å²) in [6.45, 7) is 3.98. The van der Waals surface area contributed by atoms with Crippen molar-refractivity contribution in [2.45, 2.75) is 13.8 Å². The number of nitrogens with zero attached hydrogens (tertiary/aromatic N) is 3. The molecule has 0 atom stereocenters. The third-order valence-corrected chi connectivity index (χ3v) is 2.29. The van der Waals surface area contributed by atoms with E-state index in [4.69, 9.17) is 4.74 Å². The Morgan fingerprint density at radius 2 is 2.27 bits per heavy atom. The molecule has 0 aliphatic heterocycles. The van der Waals surface area contributed by atoms with E-state index in [-0.39, 0.29) is 0 Å². The number of ether oxygens (including phenoxy) is 1. The summed E-state index contributed by atoms with van der Waals surface area (Å²) in [5, 5.41) is 8.19. The van der Waals surface area contributed by atoms with E-state index < -0.39 is 0 Å². The Labute approximate surface area is 88.2 Å². The Hall–Kier alpha value is -1.84. The van der Waals surface area contributed by atoms with Crippen molar-refractivity contribution >= 4 is 16.7 Å². The van der Waals surface area contributed by atoms with Crippen molar-refractivity contribution in [3.8, 4) is 0 Å². The van der Waals surface area contributed by atoms with Gasteiger partial charge in [-0.3, -0.25) is 0 Å². The lowest BCUT2D eigenvalue weighted by Crippen LogP contribution is -1.97. The molecule has 0 saturated carbocycles. The van der Waals surface area contributed by atoms with E-state index in [1.54, 1.807) is 18.1 Å². The van der Waals surface area contributed by atoms with Gasteiger partial charge in [0.05, 0.1) is 18.3 Å². The lowest BCUT2D eigenvalue weighted by Gasteiger charge is -2.03. The van der Waals surface area contributed by atoms with Crippen LogP contribution in [0.2, 0.25) is 0 Å². The van der Waals surface area contributed by atoms with Crippen molar-refractivity contribution in [2.75, 3.05) is 7.11 Å². The summed E-state index contributed by atoms with van der Waals surface area (Å²) in [7, 11) is 1.62. The van der Waals surface area contributed by atoms with Gasteiger partial charge in [-0.2, -0.15) is 0 Å². The van der Waals surface area contributed by atoms with Crippen LogP contribution in [-0.2, 0) is 4.74 Å². The molecule has 1 aromatic carbocycles. The van der Waals surface area contributed by atoms with E-state index in [2.05, 4.69) is 10.3 Å². The second-order valence-corrected chi connectivity index (χ2v) is 3.44. The van der Waals surface area contributed by atoms with Crippen LogP contribution in [-0.4, -0.2) is 22.1 Å². The van der Waals surface area contributed by atoms with Gasteiger partial charge in [-0.1, -0.05) is 17.3 Å². The van der Waals surface area contributed by atoms with E-state index in [0.717, 1.165) is 22.3 Å². The van der Waals surface area contributed by atoms with E-state index in [1.807, 2.05) is 32.0 Å². The number of rotatable bonds is 2. The van der Waals surface area contributed by atoms with E-state index >= 15 is 0 Å². The van der Waals surface area contributed by atoms with Crippen molar-refractivity contribution in [2.24, 2.45) is 0 Å². The number of aryl methyl sites for hydroxylation is 1. The molecule has 0 aliphatic rings. The average Bonchev–Trinajstić information content (AvgIpc) is 2.63. The third kappa shape index (κ3) is 1.58. The van der Waals surface area contributed by atoms with Gasteiger partial charge in [0, 0.05) is 0 Å². The fourth-order valence-corrected chi connectivity index (χ4v) is 1.60. The highest BCUT2D eigenvalue weighted by molar-refractivity contribution is 5.80. The molecule has 4 heteroatoms. The van der Waals surface area contributed by atoms with Crippen LogP contribution in [0, 0.1) is 6.92 Å². The van der Waals surface area contributed by atoms with Crippen LogP contribution in [0.4, 0.5) is 0 Å². The van der Waals surface area contributed by atoms with Crippen LogP contribution in [0.1, 0.15) is 12.5 Å². The summed E-state index contributed by atoms with van der Waals surface area (Å²) in [5.41, 5.74) is 4.00. The van der Waals surface area contributed by atoms with Crippen LogP contribution in [0.25, 0.3) is 16.7 Å². The Morgan fingerprint density at radius 3 is 3.00 bits per heavy atom. The smallest absolute Gasteiger partial charge is 0.113 e. The van der Waals surface area contributed by atoms with Gasteiger partial charge in [-0.15, -0.1) is 5.10 Å². The van der Waals surface area contributed by atoms with Crippen LogP contribution < -0.4 is 0 Å². The van der Waals surface area contributed by atoms with Gasteiger partial charge in [-0.05, 0) is 25.5 Å². The topological polar surface area (TPSA) is 39.9 Å². The molecule has 2 rings (SSSR count). The summed E-state index contributed by atoms with van der Waals surface area (Å²) in [5.74, 6) is 0. The van der Waals surface area contributed by atoms with Crippen molar-refractivity contribution in [3.05, 3.63) is 30.0 Å². The molecule has 0 amide bonds. The molecule has 0 spiro atoms. The molecule has 2 aromatic rings. The molecule has 0 fully saturated rings. The largest absolute Gasteiger partial charge is 0.502 e. The first-order valence-corrected chi connectivity index (χ1v) is 4.75. The molecule has 78 valence electrons. The normalized spacial score (nSPS) is 12.1. The van der Waals surface area contributed by atoms with E-state index in [9.17, 15) is 0 Å². The minimum absolute atomic E-state index is 0.902. The van der Waals surface area contributed by atoms with Crippen molar-refractivity contribution in [3.63, 3.8) is 0 Å². The summed E-state index contributed by atoms with van der Waals surface area (Å²) in [6, 6.07) is 5.97. The van der Waals surface area contributed by atoms with Crippen LogP contribution in [0.3, 0.4) is 0 Å². The van der Waals surface area contributed by atoms with Crippen LogP contribution >= 0.6 is 0 Å². The molecule has 1 aromatic heterocycles. The van der Waals surface area contributed by atoms with Crippen molar-refractivity contribution in [1.29, 1.82) is 0 Å². The standard InChI is InChI=1S/C11H13N3O/c1-8-5-4-6-10-11(8)14(13-12-10)9(2)7-15-3/h4-7H,1-3H3. The molecule has 1 heterocycles. The molecule has 0 N–H and O–H groups in total. The van der Waals surface area contributed by atoms with Crippen molar-refractivity contribution in [1.82, 2.24) is 15.0 Å². The maximum Gasteiger partial charge on any atom is 0.113 e. The van der Waals surface area contributed by atoms with Gasteiger partial charge in [-0.25, -0.2) is 4.68 Å². The number of hydrogen-bond donors (Lipinski definition) is 0. The summed E-state index contributed by atoms with van der Waals surface area (Å²) in [4.78, 5) is 0. The molecule has 0 saturated heterocycles. The Balaban J connectivity index is 2.67. The Morgan fingerprint density at radius 1 is 1.47 bits per heavy atom. The number of fused-ring (bicyclic) bond motifs is 1. The first-order chi connectivity index (χ1) is 7.24. The van der Waals surface area contributed by atoms with Crippen LogP contribution in [0.15, 0.2) is 24.5 Å². The highest BCUT2D eigenvalue weighted by Crippen LogP contribution is 2.18. The fraction of sp³-hybridized carbons (Fsp3) is 0.273. The molecule has 4 nitrogen and oxygen atoms in total. The van der Waals surface area contributed by atoms with E-state index in [0.29, 0.717) is 0 Å². The zero-order valence-electron chi connectivity index (χ0n) is 9.06. The molecule has 0 unspecified atom stereocenters. The molecular weight excluding hydrogens is 190 g/mol. The monoisotopic (exact) mass is 203 g/mol. The maximum absolute atomic E-state index is 4.97. The molecular formula is C11H13N3O. The molecule has 15 heavy (non-hydrogen) atoms. The quantitative estimate of drug-likeness (QED) is 0.702. The minimum atomic E-state index is 0.902. The molecule has 0 bridgehead atoms. The predicted octanol–water partition coefficient (Wildman–Crippen LogP) is 2.20. The summed E-state index contributed by atoms with van der Waals surface area (Å²) < 4.78 is 6.75. The SMILES string of the molecule is COC=C(C)n1nnc2cccc(C)c21. The Bertz CT molecular complexity index is 514. The fourth-order valence-electron chi connectivity index (χ4n) is 1.60. The van der Waals surface area contributed by atoms with Gasteiger partial charge in [0.15, 0.2) is 0 Å². The summed E-state index contributed by atoms with van der Waals surface area (Å²) in [6.07, 6.45) is 1.65. The highest BCUT2D eigenvalue weighted by atomic mass is 16.5. The van der Waals surface area contributed by atoms with E-state index in [1.165, 1.54) is 0 Å². The molecule has 0 aliphatic carbocycles. The first kappa shape index (κ1) is 9.71. The summed E-state index contributed by atoms with van der Waals surface area (Å²) >= 11 is 0. The van der Waals surface area contributed by atoms with Gasteiger partial charge in [0.2, 0.25) is 0 Å². The van der Waals surface area contributed by atoms with Gasteiger partial charge < -0.3 is 4.74 Å². The number of methoxy groups -OCH3 is 1. The van der Waals surface area contributed by atoms with Crippen LogP contribution in [0.5, 0.6) is 0 Å². The second-order valence-electron chi connectivity index (χ2n) is 3.44. The number of para-hydroxylation sites is 1. The lowest BCUT2D eigenvalue weighted by atomic mass is 10.2. The third-order valence-electron chi connectivity index (χ3n) is 2.29. The maximum atomic E-state index is 4.97. The lowest BCUT2D eigenvalue weighted by molar-refractivity contribution is 0.337. The minimum Gasteiger partial charge on any atom is -0.502 e. The number of aromatic nitrogens is 3. The van der Waals surface area contributed by atoms with Crippen molar-refractivity contribution < 1.29 is 4.74 Å².